The van der Waals surface area contributed by atoms with E-state index in [1.807, 2.05) is 46.8 Å². The predicted octanol–water partition coefficient (Wildman–Crippen LogP) is 3.59. The average Bonchev–Trinajstić information content (AvgIpc) is 3.33. The first kappa shape index (κ1) is 18.0. The van der Waals surface area contributed by atoms with Crippen LogP contribution in [0.15, 0.2) is 36.4 Å². The van der Waals surface area contributed by atoms with E-state index in [4.69, 9.17) is 9.47 Å². The highest BCUT2D eigenvalue weighted by molar-refractivity contribution is 5.97. The van der Waals surface area contributed by atoms with Gasteiger partial charge in [-0.25, -0.2) is 4.68 Å². The van der Waals surface area contributed by atoms with E-state index in [1.54, 1.807) is 0 Å². The zero-order valence-corrected chi connectivity index (χ0v) is 16.5. The molecule has 0 spiro atoms. The van der Waals surface area contributed by atoms with Crippen LogP contribution in [0.1, 0.15) is 48.1 Å². The van der Waals surface area contributed by atoms with Crippen molar-refractivity contribution in [1.29, 1.82) is 0 Å². The number of rotatable bonds is 3. The van der Waals surface area contributed by atoms with Crippen LogP contribution in [0, 0.1) is 0 Å². The van der Waals surface area contributed by atoms with Gasteiger partial charge in [0.05, 0.1) is 24.8 Å². The van der Waals surface area contributed by atoms with Gasteiger partial charge in [-0.1, -0.05) is 11.3 Å². The Hall–Kier alpha value is -3.09. The van der Waals surface area contributed by atoms with Gasteiger partial charge in [0.15, 0.2) is 11.5 Å². The smallest absolute Gasteiger partial charge is 0.254 e. The fourth-order valence-corrected chi connectivity index (χ4v) is 4.25. The molecule has 5 rings (SSSR count). The molecule has 1 saturated heterocycles. The second kappa shape index (κ2) is 7.39. The summed E-state index contributed by atoms with van der Waals surface area (Å²) in [5, 5.41) is 8.34. The number of hydrogen-bond acceptors (Lipinski definition) is 5. The Bertz CT molecular complexity index is 1060. The van der Waals surface area contributed by atoms with Gasteiger partial charge < -0.3 is 14.4 Å². The van der Waals surface area contributed by atoms with E-state index in [-0.39, 0.29) is 11.9 Å². The molecule has 2 aromatic carbocycles. The third-order valence-electron chi connectivity index (χ3n) is 5.73. The van der Waals surface area contributed by atoms with Crippen molar-refractivity contribution in [3.05, 3.63) is 47.5 Å². The van der Waals surface area contributed by atoms with Gasteiger partial charge in [0.2, 0.25) is 0 Å². The lowest BCUT2D eigenvalue weighted by atomic mass is 10.0. The van der Waals surface area contributed by atoms with Gasteiger partial charge in [0.25, 0.3) is 5.91 Å². The highest BCUT2D eigenvalue weighted by Gasteiger charge is 2.31. The van der Waals surface area contributed by atoms with Crippen LogP contribution in [0.3, 0.4) is 0 Å². The third kappa shape index (κ3) is 3.20. The Morgan fingerprint density at radius 3 is 2.83 bits per heavy atom. The van der Waals surface area contributed by atoms with Gasteiger partial charge in [-0.15, -0.1) is 5.10 Å². The van der Waals surface area contributed by atoms with Crippen LogP contribution in [0.5, 0.6) is 11.5 Å². The number of nitrogens with zero attached hydrogens (tertiary/aromatic N) is 4. The zero-order valence-electron chi connectivity index (χ0n) is 16.5. The molecule has 0 radical (unpaired) electrons. The van der Waals surface area contributed by atoms with Crippen molar-refractivity contribution in [2.75, 3.05) is 19.8 Å². The lowest BCUT2D eigenvalue weighted by Gasteiger charge is -2.26. The number of amides is 1. The van der Waals surface area contributed by atoms with E-state index in [1.165, 1.54) is 0 Å². The van der Waals surface area contributed by atoms with Crippen molar-refractivity contribution in [1.82, 2.24) is 19.9 Å². The number of carbonyl (C=O) groups excluding carboxylic acids is 1. The maximum absolute atomic E-state index is 13.3. The lowest BCUT2D eigenvalue weighted by Crippen LogP contribution is -2.30. The summed E-state index contributed by atoms with van der Waals surface area (Å²) in [6.07, 6.45) is 2.81. The Morgan fingerprint density at radius 2 is 1.97 bits per heavy atom. The van der Waals surface area contributed by atoms with Crippen LogP contribution >= 0.6 is 0 Å². The molecule has 3 aromatic rings. The fraction of sp³-hybridized carbons (Fsp3) is 0.409. The van der Waals surface area contributed by atoms with Crippen molar-refractivity contribution in [3.8, 4) is 11.5 Å². The number of benzene rings is 2. The van der Waals surface area contributed by atoms with Crippen molar-refractivity contribution in [2.45, 2.75) is 38.8 Å². The molecule has 2 aliphatic rings. The largest absolute Gasteiger partial charge is 0.490 e. The minimum atomic E-state index is 0.0348. The minimum Gasteiger partial charge on any atom is -0.490 e. The SMILES string of the molecule is CCn1nnc2cc(C(=O)N3CCC[C@H]3c3ccc4c(c3)OCCCO4)ccc21. The van der Waals surface area contributed by atoms with Crippen LogP contribution < -0.4 is 9.47 Å². The van der Waals surface area contributed by atoms with E-state index in [2.05, 4.69) is 16.4 Å². The van der Waals surface area contributed by atoms with E-state index in [9.17, 15) is 4.79 Å². The van der Waals surface area contributed by atoms with E-state index in [0.29, 0.717) is 18.8 Å². The number of fused-ring (bicyclic) bond motifs is 2. The Morgan fingerprint density at radius 1 is 1.10 bits per heavy atom. The molecule has 0 unspecified atom stereocenters. The summed E-state index contributed by atoms with van der Waals surface area (Å²) in [7, 11) is 0. The number of likely N-dealkylation sites (tertiary alicyclic amines) is 1. The van der Waals surface area contributed by atoms with Gasteiger partial charge in [-0.05, 0) is 55.7 Å². The Balaban J connectivity index is 1.43. The average molecular weight is 392 g/mol. The van der Waals surface area contributed by atoms with Crippen molar-refractivity contribution in [2.24, 2.45) is 0 Å². The predicted molar refractivity (Wildman–Crippen MR) is 108 cm³/mol. The number of hydrogen-bond donors (Lipinski definition) is 0. The van der Waals surface area contributed by atoms with Crippen molar-refractivity contribution >= 4 is 16.9 Å². The van der Waals surface area contributed by atoms with Crippen LogP contribution in [0.4, 0.5) is 0 Å². The number of ether oxygens (including phenoxy) is 2. The topological polar surface area (TPSA) is 69.5 Å². The van der Waals surface area contributed by atoms with Crippen LogP contribution in [-0.4, -0.2) is 45.6 Å². The molecule has 1 amide bonds. The molecule has 7 heteroatoms. The van der Waals surface area contributed by atoms with Gasteiger partial charge in [-0.3, -0.25) is 4.79 Å². The highest BCUT2D eigenvalue weighted by Crippen LogP contribution is 2.38. The Kier molecular flexibility index (Phi) is 4.58. The van der Waals surface area contributed by atoms with Gasteiger partial charge >= 0.3 is 0 Å². The lowest BCUT2D eigenvalue weighted by molar-refractivity contribution is 0.0735. The first-order chi connectivity index (χ1) is 14.2. The number of aryl methyl sites for hydroxylation is 1. The number of carbonyl (C=O) groups is 1. The molecular formula is C22H24N4O3. The maximum Gasteiger partial charge on any atom is 0.254 e. The Labute approximate surface area is 169 Å². The summed E-state index contributed by atoms with van der Waals surface area (Å²) < 4.78 is 13.4. The molecule has 2 aliphatic heterocycles. The zero-order chi connectivity index (χ0) is 19.8. The third-order valence-corrected chi connectivity index (χ3v) is 5.73. The summed E-state index contributed by atoms with van der Waals surface area (Å²) in [5.41, 5.74) is 3.45. The highest BCUT2D eigenvalue weighted by atomic mass is 16.5. The molecule has 3 heterocycles. The summed E-state index contributed by atoms with van der Waals surface area (Å²) >= 11 is 0. The minimum absolute atomic E-state index is 0.0348. The monoisotopic (exact) mass is 392 g/mol. The molecule has 0 aliphatic carbocycles. The number of aromatic nitrogens is 3. The summed E-state index contributed by atoms with van der Waals surface area (Å²) in [6, 6.07) is 11.8. The second-order valence-electron chi connectivity index (χ2n) is 7.52. The van der Waals surface area contributed by atoms with E-state index in [0.717, 1.165) is 60.4 Å². The molecular weight excluding hydrogens is 368 g/mol. The van der Waals surface area contributed by atoms with Crippen molar-refractivity contribution in [3.63, 3.8) is 0 Å². The maximum atomic E-state index is 13.3. The molecule has 1 aromatic heterocycles. The standard InChI is InChI=1S/C22H24N4O3/c1-2-26-19-8-6-16(13-17(19)23-24-26)22(27)25-10-3-5-18(25)15-7-9-20-21(14-15)29-12-4-11-28-20/h6-9,13-14,18H,2-5,10-12H2,1H3/t18-/m0/s1. The second-order valence-corrected chi connectivity index (χ2v) is 7.52. The van der Waals surface area contributed by atoms with Crippen LogP contribution in [0.25, 0.3) is 11.0 Å². The first-order valence-electron chi connectivity index (χ1n) is 10.3. The fourth-order valence-electron chi connectivity index (χ4n) is 4.25. The van der Waals surface area contributed by atoms with Gasteiger partial charge in [-0.2, -0.15) is 0 Å². The normalized spacial score (nSPS) is 18.8. The molecule has 1 fully saturated rings. The molecule has 7 nitrogen and oxygen atoms in total. The molecule has 0 bridgehead atoms. The van der Waals surface area contributed by atoms with Crippen LogP contribution in [0.2, 0.25) is 0 Å². The molecule has 1 atom stereocenters. The molecule has 29 heavy (non-hydrogen) atoms. The van der Waals surface area contributed by atoms with E-state index >= 15 is 0 Å². The van der Waals surface area contributed by atoms with Crippen LogP contribution in [-0.2, 0) is 6.54 Å². The molecule has 0 N–H and O–H groups in total. The molecule has 150 valence electrons. The summed E-state index contributed by atoms with van der Waals surface area (Å²) in [5.74, 6) is 1.59. The van der Waals surface area contributed by atoms with Crippen molar-refractivity contribution < 1.29 is 14.3 Å². The molecule has 0 saturated carbocycles. The van der Waals surface area contributed by atoms with Gasteiger partial charge in [0.1, 0.15) is 5.52 Å². The van der Waals surface area contributed by atoms with Gasteiger partial charge in [0, 0.05) is 25.1 Å². The summed E-state index contributed by atoms with van der Waals surface area (Å²) in [4.78, 5) is 15.3. The summed E-state index contributed by atoms with van der Waals surface area (Å²) in [6.45, 7) is 4.85. The first-order valence-corrected chi connectivity index (χ1v) is 10.3. The quantitative estimate of drug-likeness (QED) is 0.681. The van der Waals surface area contributed by atoms with E-state index < -0.39 is 0 Å².